The fourth-order valence-electron chi connectivity index (χ4n) is 1.82. The third-order valence-corrected chi connectivity index (χ3v) is 4.59. The standard InChI is InChI=1S/C16H12Br3NO3/c1-23-14-4-3-10(17)6-9(14)2-5-15(21)20-11-7-12(18)16(22)13(19)8-11/h2-8,22H,1H3,(H,20,21). The van der Waals surface area contributed by atoms with Crippen molar-refractivity contribution in [2.24, 2.45) is 0 Å². The van der Waals surface area contributed by atoms with E-state index in [1.165, 1.54) is 6.08 Å². The van der Waals surface area contributed by atoms with Crippen LogP contribution in [0.5, 0.6) is 11.5 Å². The highest BCUT2D eigenvalue weighted by Gasteiger charge is 2.07. The molecule has 0 heterocycles. The lowest BCUT2D eigenvalue weighted by atomic mass is 10.2. The Kier molecular flexibility index (Phi) is 6.26. The number of anilines is 1. The quantitative estimate of drug-likeness (QED) is 0.435. The van der Waals surface area contributed by atoms with Crippen LogP contribution in [0.1, 0.15) is 5.56 Å². The van der Waals surface area contributed by atoms with Gasteiger partial charge in [-0.2, -0.15) is 0 Å². The maximum absolute atomic E-state index is 12.0. The highest BCUT2D eigenvalue weighted by Crippen LogP contribution is 2.35. The van der Waals surface area contributed by atoms with Crippen molar-refractivity contribution in [1.29, 1.82) is 0 Å². The summed E-state index contributed by atoms with van der Waals surface area (Å²) in [4.78, 5) is 12.0. The van der Waals surface area contributed by atoms with Gasteiger partial charge < -0.3 is 15.2 Å². The molecule has 0 saturated carbocycles. The van der Waals surface area contributed by atoms with Gasteiger partial charge in [-0.05, 0) is 68.3 Å². The zero-order chi connectivity index (χ0) is 17.0. The summed E-state index contributed by atoms with van der Waals surface area (Å²) in [6, 6.07) is 8.77. The van der Waals surface area contributed by atoms with Crippen LogP contribution in [-0.2, 0) is 4.79 Å². The van der Waals surface area contributed by atoms with Crippen molar-refractivity contribution in [3.63, 3.8) is 0 Å². The molecule has 0 bridgehead atoms. The van der Waals surface area contributed by atoms with Crippen molar-refractivity contribution in [3.8, 4) is 11.5 Å². The van der Waals surface area contributed by atoms with E-state index in [1.54, 1.807) is 25.3 Å². The van der Waals surface area contributed by atoms with Gasteiger partial charge in [-0.25, -0.2) is 0 Å². The molecule has 7 heteroatoms. The molecule has 23 heavy (non-hydrogen) atoms. The molecule has 1 amide bonds. The van der Waals surface area contributed by atoms with Gasteiger partial charge in [0.15, 0.2) is 0 Å². The third-order valence-electron chi connectivity index (χ3n) is 2.89. The number of halogens is 3. The minimum Gasteiger partial charge on any atom is -0.506 e. The first-order chi connectivity index (χ1) is 10.9. The van der Waals surface area contributed by atoms with E-state index in [1.807, 2.05) is 18.2 Å². The van der Waals surface area contributed by atoms with E-state index >= 15 is 0 Å². The molecule has 0 aromatic heterocycles. The molecule has 2 N–H and O–H groups in total. The minimum atomic E-state index is -0.295. The maximum Gasteiger partial charge on any atom is 0.248 e. The molecule has 2 aromatic carbocycles. The molecule has 0 aliphatic carbocycles. The zero-order valence-electron chi connectivity index (χ0n) is 11.9. The van der Waals surface area contributed by atoms with Crippen LogP contribution in [-0.4, -0.2) is 18.1 Å². The largest absolute Gasteiger partial charge is 0.506 e. The summed E-state index contributed by atoms with van der Waals surface area (Å²) in [6.45, 7) is 0. The summed E-state index contributed by atoms with van der Waals surface area (Å²) in [6.07, 6.45) is 3.09. The first-order valence-electron chi connectivity index (χ1n) is 6.41. The van der Waals surface area contributed by atoms with Gasteiger partial charge in [-0.1, -0.05) is 15.9 Å². The highest BCUT2D eigenvalue weighted by molar-refractivity contribution is 9.11. The molecule has 120 valence electrons. The van der Waals surface area contributed by atoms with E-state index in [2.05, 4.69) is 53.1 Å². The second kappa shape index (κ2) is 7.99. The fraction of sp³-hybridized carbons (Fsp3) is 0.0625. The number of phenolic OH excluding ortho intramolecular Hbond substituents is 1. The Balaban J connectivity index is 2.15. The smallest absolute Gasteiger partial charge is 0.248 e. The SMILES string of the molecule is COc1ccc(Br)cc1C=CC(=O)Nc1cc(Br)c(O)c(Br)c1. The van der Waals surface area contributed by atoms with E-state index < -0.39 is 0 Å². The average Bonchev–Trinajstić information content (AvgIpc) is 2.50. The first-order valence-corrected chi connectivity index (χ1v) is 8.79. The van der Waals surface area contributed by atoms with Gasteiger partial charge in [0.05, 0.1) is 16.1 Å². The van der Waals surface area contributed by atoms with Crippen LogP contribution in [0.25, 0.3) is 6.08 Å². The molecular weight excluding hydrogens is 494 g/mol. The van der Waals surface area contributed by atoms with Gasteiger partial charge in [0.25, 0.3) is 0 Å². The van der Waals surface area contributed by atoms with Gasteiger partial charge in [0, 0.05) is 21.8 Å². The number of carbonyl (C=O) groups is 1. The van der Waals surface area contributed by atoms with E-state index in [-0.39, 0.29) is 11.7 Å². The summed E-state index contributed by atoms with van der Waals surface area (Å²) < 4.78 is 7.12. The van der Waals surface area contributed by atoms with Crippen LogP contribution in [0, 0.1) is 0 Å². The normalized spacial score (nSPS) is 10.8. The van der Waals surface area contributed by atoms with Crippen LogP contribution in [0.15, 0.2) is 49.8 Å². The summed E-state index contributed by atoms with van der Waals surface area (Å²) in [5.41, 5.74) is 1.34. The lowest BCUT2D eigenvalue weighted by Crippen LogP contribution is -2.07. The molecule has 0 atom stereocenters. The predicted molar refractivity (Wildman–Crippen MR) is 102 cm³/mol. The molecule has 0 aliphatic rings. The molecule has 0 aliphatic heterocycles. The van der Waals surface area contributed by atoms with E-state index in [0.717, 1.165) is 10.0 Å². The summed E-state index contributed by atoms with van der Waals surface area (Å²) in [5, 5.41) is 12.4. The van der Waals surface area contributed by atoms with Crippen LogP contribution < -0.4 is 10.1 Å². The Bertz CT molecular complexity index is 752. The Hall–Kier alpha value is -1.31. The van der Waals surface area contributed by atoms with Crippen molar-refractivity contribution in [2.45, 2.75) is 0 Å². The van der Waals surface area contributed by atoms with E-state index in [9.17, 15) is 9.90 Å². The number of hydrogen-bond acceptors (Lipinski definition) is 3. The van der Waals surface area contributed by atoms with Crippen LogP contribution in [0.4, 0.5) is 5.69 Å². The number of ether oxygens (including phenoxy) is 1. The number of phenols is 1. The minimum absolute atomic E-state index is 0.0809. The molecule has 0 fully saturated rings. The van der Waals surface area contributed by atoms with Crippen LogP contribution >= 0.6 is 47.8 Å². The molecule has 4 nitrogen and oxygen atoms in total. The Morgan fingerprint density at radius 3 is 2.43 bits per heavy atom. The number of rotatable bonds is 4. The molecular formula is C16H12Br3NO3. The number of amides is 1. The zero-order valence-corrected chi connectivity index (χ0v) is 16.7. The van der Waals surface area contributed by atoms with Crippen molar-refractivity contribution in [1.82, 2.24) is 0 Å². The molecule has 0 spiro atoms. The Labute approximate surface area is 158 Å². The van der Waals surface area contributed by atoms with Crippen LogP contribution in [0.3, 0.4) is 0 Å². The summed E-state index contributed by atoms with van der Waals surface area (Å²) in [5.74, 6) is 0.460. The van der Waals surface area contributed by atoms with Crippen molar-refractivity contribution in [2.75, 3.05) is 12.4 Å². The lowest BCUT2D eigenvalue weighted by molar-refractivity contribution is -0.111. The monoisotopic (exact) mass is 503 g/mol. The number of hydrogen-bond donors (Lipinski definition) is 2. The molecule has 0 unspecified atom stereocenters. The Morgan fingerprint density at radius 2 is 1.83 bits per heavy atom. The topological polar surface area (TPSA) is 58.6 Å². The molecule has 0 saturated heterocycles. The fourth-order valence-corrected chi connectivity index (χ4v) is 3.39. The lowest BCUT2D eigenvalue weighted by Gasteiger charge is -2.07. The van der Waals surface area contributed by atoms with E-state index in [4.69, 9.17) is 4.74 Å². The van der Waals surface area contributed by atoms with Crippen molar-refractivity contribution in [3.05, 3.63) is 55.4 Å². The summed E-state index contributed by atoms with van der Waals surface area (Å²) >= 11 is 9.82. The molecule has 2 rings (SSSR count). The third kappa shape index (κ3) is 4.83. The van der Waals surface area contributed by atoms with Crippen molar-refractivity contribution >= 4 is 65.5 Å². The number of aromatic hydroxyl groups is 1. The van der Waals surface area contributed by atoms with Gasteiger partial charge >= 0.3 is 0 Å². The number of nitrogens with one attached hydrogen (secondary N) is 1. The average molecular weight is 506 g/mol. The van der Waals surface area contributed by atoms with Crippen LogP contribution in [0.2, 0.25) is 0 Å². The Morgan fingerprint density at radius 1 is 1.17 bits per heavy atom. The molecule has 2 aromatic rings. The highest BCUT2D eigenvalue weighted by atomic mass is 79.9. The number of methoxy groups -OCH3 is 1. The maximum atomic E-state index is 12.0. The number of benzene rings is 2. The number of carbonyl (C=O) groups excluding carboxylic acids is 1. The van der Waals surface area contributed by atoms with E-state index in [0.29, 0.717) is 20.4 Å². The first kappa shape index (κ1) is 18.0. The second-order valence-corrected chi connectivity index (χ2v) is 7.12. The summed E-state index contributed by atoms with van der Waals surface area (Å²) in [7, 11) is 1.58. The van der Waals surface area contributed by atoms with Gasteiger partial charge in [-0.3, -0.25) is 4.79 Å². The second-order valence-electron chi connectivity index (χ2n) is 4.50. The van der Waals surface area contributed by atoms with Gasteiger partial charge in [0.1, 0.15) is 11.5 Å². The van der Waals surface area contributed by atoms with Gasteiger partial charge in [0.2, 0.25) is 5.91 Å². The van der Waals surface area contributed by atoms with Gasteiger partial charge in [-0.15, -0.1) is 0 Å². The predicted octanol–water partition coefficient (Wildman–Crippen LogP) is 5.34. The van der Waals surface area contributed by atoms with Crippen molar-refractivity contribution < 1.29 is 14.6 Å². The molecule has 0 radical (unpaired) electrons.